The van der Waals surface area contributed by atoms with Crippen LogP contribution in [0.1, 0.15) is 5.56 Å². The number of nitro benzene ring substituents is 2. The molecular formula is C16H12N4O4. The third-order valence-electron chi connectivity index (χ3n) is 3.73. The molecule has 0 bridgehead atoms. The third-order valence-corrected chi connectivity index (χ3v) is 3.73. The first-order chi connectivity index (χ1) is 11.4. The molecule has 0 aliphatic carbocycles. The summed E-state index contributed by atoms with van der Waals surface area (Å²) >= 11 is 0. The van der Waals surface area contributed by atoms with E-state index in [-0.39, 0.29) is 11.4 Å². The molecule has 8 nitrogen and oxygen atoms in total. The van der Waals surface area contributed by atoms with Gasteiger partial charge in [-0.25, -0.2) is 4.98 Å². The van der Waals surface area contributed by atoms with Crippen molar-refractivity contribution in [2.45, 2.75) is 6.92 Å². The molecule has 0 amide bonds. The van der Waals surface area contributed by atoms with E-state index in [1.807, 2.05) is 0 Å². The van der Waals surface area contributed by atoms with Crippen molar-refractivity contribution in [3.8, 4) is 11.3 Å². The number of benzene rings is 2. The van der Waals surface area contributed by atoms with Gasteiger partial charge in [0.1, 0.15) is 0 Å². The number of nitrogen functional groups attached to an aromatic ring is 1. The van der Waals surface area contributed by atoms with Crippen molar-refractivity contribution in [1.29, 1.82) is 0 Å². The zero-order valence-electron chi connectivity index (χ0n) is 12.6. The number of hydrogen-bond acceptors (Lipinski definition) is 6. The summed E-state index contributed by atoms with van der Waals surface area (Å²) in [6.45, 7) is 1.80. The largest absolute Gasteiger partial charge is 0.398 e. The fraction of sp³-hybridized carbons (Fsp3) is 0.0625. The Morgan fingerprint density at radius 1 is 0.958 bits per heavy atom. The Morgan fingerprint density at radius 2 is 1.58 bits per heavy atom. The molecule has 24 heavy (non-hydrogen) atoms. The molecule has 8 heteroatoms. The summed E-state index contributed by atoms with van der Waals surface area (Å²) in [7, 11) is 0. The van der Waals surface area contributed by atoms with Crippen LogP contribution in [0.2, 0.25) is 0 Å². The maximum atomic E-state index is 11.0. The summed E-state index contributed by atoms with van der Waals surface area (Å²) in [4.78, 5) is 25.3. The van der Waals surface area contributed by atoms with Gasteiger partial charge in [-0.05, 0) is 30.7 Å². The molecule has 0 saturated heterocycles. The van der Waals surface area contributed by atoms with E-state index < -0.39 is 9.85 Å². The fourth-order valence-corrected chi connectivity index (χ4v) is 2.51. The fourth-order valence-electron chi connectivity index (χ4n) is 2.51. The summed E-state index contributed by atoms with van der Waals surface area (Å²) < 4.78 is 0. The monoisotopic (exact) mass is 324 g/mol. The second-order valence-electron chi connectivity index (χ2n) is 5.31. The second kappa shape index (κ2) is 5.58. The van der Waals surface area contributed by atoms with Gasteiger partial charge in [0, 0.05) is 40.9 Å². The number of rotatable bonds is 3. The molecule has 3 rings (SSSR count). The highest BCUT2D eigenvalue weighted by molar-refractivity contribution is 5.88. The van der Waals surface area contributed by atoms with Crippen LogP contribution in [0.3, 0.4) is 0 Å². The standard InChI is InChI=1S/C16H12N4O4/c1-9-6-16(13-8-10(19(21)22)2-4-14(13)17)18-15-5-3-11(20(23)24)7-12(9)15/h2-8H,17H2,1H3. The molecule has 0 unspecified atom stereocenters. The van der Waals surface area contributed by atoms with E-state index in [0.29, 0.717) is 27.8 Å². The summed E-state index contributed by atoms with van der Waals surface area (Å²) in [5.41, 5.74) is 8.46. The van der Waals surface area contributed by atoms with Gasteiger partial charge < -0.3 is 5.73 Å². The van der Waals surface area contributed by atoms with Crippen molar-refractivity contribution in [3.63, 3.8) is 0 Å². The van der Waals surface area contributed by atoms with Gasteiger partial charge in [-0.2, -0.15) is 0 Å². The van der Waals surface area contributed by atoms with Crippen molar-refractivity contribution < 1.29 is 9.85 Å². The van der Waals surface area contributed by atoms with E-state index >= 15 is 0 Å². The van der Waals surface area contributed by atoms with Gasteiger partial charge in [0.2, 0.25) is 0 Å². The molecule has 0 radical (unpaired) electrons. The van der Waals surface area contributed by atoms with Gasteiger partial charge in [-0.1, -0.05) is 0 Å². The molecule has 0 fully saturated rings. The molecule has 1 heterocycles. The lowest BCUT2D eigenvalue weighted by atomic mass is 10.0. The zero-order chi connectivity index (χ0) is 17.4. The number of aryl methyl sites for hydroxylation is 1. The van der Waals surface area contributed by atoms with Gasteiger partial charge >= 0.3 is 0 Å². The maximum absolute atomic E-state index is 11.0. The van der Waals surface area contributed by atoms with Crippen molar-refractivity contribution in [2.24, 2.45) is 0 Å². The normalized spacial score (nSPS) is 10.7. The topological polar surface area (TPSA) is 125 Å². The van der Waals surface area contributed by atoms with Crippen LogP contribution < -0.4 is 5.73 Å². The quantitative estimate of drug-likeness (QED) is 0.445. The average Bonchev–Trinajstić information content (AvgIpc) is 2.54. The van der Waals surface area contributed by atoms with Crippen LogP contribution in [0.15, 0.2) is 42.5 Å². The van der Waals surface area contributed by atoms with Crippen LogP contribution in [0.4, 0.5) is 17.1 Å². The Hall–Kier alpha value is -3.55. The number of nitro groups is 2. The smallest absolute Gasteiger partial charge is 0.270 e. The minimum Gasteiger partial charge on any atom is -0.398 e. The van der Waals surface area contributed by atoms with E-state index in [0.717, 1.165) is 5.56 Å². The van der Waals surface area contributed by atoms with Gasteiger partial charge in [-0.3, -0.25) is 20.2 Å². The second-order valence-corrected chi connectivity index (χ2v) is 5.31. The predicted molar refractivity (Wildman–Crippen MR) is 89.6 cm³/mol. The number of anilines is 1. The highest BCUT2D eigenvalue weighted by atomic mass is 16.6. The lowest BCUT2D eigenvalue weighted by molar-refractivity contribution is -0.384. The predicted octanol–water partition coefficient (Wildman–Crippen LogP) is 3.61. The van der Waals surface area contributed by atoms with Crippen LogP contribution in [-0.2, 0) is 0 Å². The number of nitrogens with zero attached hydrogens (tertiary/aromatic N) is 3. The number of fused-ring (bicyclic) bond motifs is 1. The molecule has 120 valence electrons. The third kappa shape index (κ3) is 2.60. The molecule has 0 aliphatic rings. The van der Waals surface area contributed by atoms with Crippen molar-refractivity contribution in [1.82, 2.24) is 4.98 Å². The van der Waals surface area contributed by atoms with Crippen LogP contribution >= 0.6 is 0 Å². The van der Waals surface area contributed by atoms with E-state index in [9.17, 15) is 20.2 Å². The van der Waals surface area contributed by atoms with Gasteiger partial charge in [0.15, 0.2) is 0 Å². The Labute approximate surface area is 135 Å². The molecule has 0 aliphatic heterocycles. The Balaban J connectivity index is 2.21. The highest BCUT2D eigenvalue weighted by Crippen LogP contribution is 2.32. The van der Waals surface area contributed by atoms with E-state index in [1.54, 1.807) is 19.1 Å². The van der Waals surface area contributed by atoms with Crippen LogP contribution in [0, 0.1) is 27.2 Å². The van der Waals surface area contributed by atoms with Crippen molar-refractivity contribution in [2.75, 3.05) is 5.73 Å². The molecule has 0 spiro atoms. The Kier molecular flexibility index (Phi) is 3.57. The minimum atomic E-state index is -0.500. The molecule has 0 atom stereocenters. The highest BCUT2D eigenvalue weighted by Gasteiger charge is 2.15. The summed E-state index contributed by atoms with van der Waals surface area (Å²) in [5.74, 6) is 0. The number of aromatic nitrogens is 1. The van der Waals surface area contributed by atoms with Gasteiger partial charge in [-0.15, -0.1) is 0 Å². The van der Waals surface area contributed by atoms with Gasteiger partial charge in [0.05, 0.1) is 21.1 Å². The lowest BCUT2D eigenvalue weighted by Gasteiger charge is -2.09. The molecule has 2 aromatic carbocycles. The van der Waals surface area contributed by atoms with Crippen molar-refractivity contribution >= 4 is 28.0 Å². The average molecular weight is 324 g/mol. The summed E-state index contributed by atoms with van der Waals surface area (Å²) in [6.07, 6.45) is 0. The van der Waals surface area contributed by atoms with E-state index in [1.165, 1.54) is 30.3 Å². The summed E-state index contributed by atoms with van der Waals surface area (Å²) in [5, 5.41) is 22.5. The summed E-state index contributed by atoms with van der Waals surface area (Å²) in [6, 6.07) is 10.3. The Bertz CT molecular complexity index is 1000. The van der Waals surface area contributed by atoms with E-state index in [4.69, 9.17) is 5.73 Å². The number of non-ortho nitro benzene ring substituents is 2. The molecule has 0 saturated carbocycles. The van der Waals surface area contributed by atoms with E-state index in [2.05, 4.69) is 4.98 Å². The maximum Gasteiger partial charge on any atom is 0.270 e. The first-order valence-electron chi connectivity index (χ1n) is 6.97. The molecule has 1 aromatic heterocycles. The van der Waals surface area contributed by atoms with Crippen LogP contribution in [0.5, 0.6) is 0 Å². The molecular weight excluding hydrogens is 312 g/mol. The Morgan fingerprint density at radius 3 is 2.25 bits per heavy atom. The zero-order valence-corrected chi connectivity index (χ0v) is 12.6. The van der Waals surface area contributed by atoms with Gasteiger partial charge in [0.25, 0.3) is 11.4 Å². The molecule has 2 N–H and O–H groups in total. The minimum absolute atomic E-state index is 0.0185. The van der Waals surface area contributed by atoms with Crippen molar-refractivity contribution in [3.05, 3.63) is 68.3 Å². The number of hydrogen-bond donors (Lipinski definition) is 1. The number of pyridine rings is 1. The SMILES string of the molecule is Cc1cc(-c2cc([N+](=O)[O-])ccc2N)nc2ccc([N+](=O)[O-])cc12. The number of nitrogens with two attached hydrogens (primary N) is 1. The first kappa shape index (κ1) is 15.3. The van der Waals surface area contributed by atoms with Crippen LogP contribution in [-0.4, -0.2) is 14.8 Å². The first-order valence-corrected chi connectivity index (χ1v) is 6.97. The van der Waals surface area contributed by atoms with Crippen LogP contribution in [0.25, 0.3) is 22.2 Å². The molecule has 3 aromatic rings. The lowest BCUT2D eigenvalue weighted by Crippen LogP contribution is -1.97.